The fraction of sp³-hybridized carbons (Fsp3) is 0.235. The zero-order valence-corrected chi connectivity index (χ0v) is 11.7. The van der Waals surface area contributed by atoms with Crippen molar-refractivity contribution in [1.29, 1.82) is 0 Å². The van der Waals surface area contributed by atoms with Crippen molar-refractivity contribution in [3.05, 3.63) is 60.2 Å². The molecule has 2 rings (SSSR count). The second kappa shape index (κ2) is 8.09. The lowest BCUT2D eigenvalue weighted by Gasteiger charge is -2.00. The maximum atomic E-state index is 9.82. The molecular formula is C17H20O2. The molecule has 0 saturated carbocycles. The third kappa shape index (κ3) is 5.87. The van der Waals surface area contributed by atoms with Gasteiger partial charge in [0.2, 0.25) is 0 Å². The largest absolute Gasteiger partial charge is 0.466 e. The fourth-order valence-electron chi connectivity index (χ4n) is 1.58. The third-order valence-electron chi connectivity index (χ3n) is 2.51. The van der Waals surface area contributed by atoms with Crippen LogP contribution in [0, 0.1) is 6.92 Å². The summed E-state index contributed by atoms with van der Waals surface area (Å²) in [6.07, 6.45) is 0. The molecule has 0 aliphatic rings. The van der Waals surface area contributed by atoms with E-state index in [9.17, 15) is 4.79 Å². The monoisotopic (exact) mass is 256 g/mol. The topological polar surface area (TPSA) is 26.3 Å². The molecule has 100 valence electrons. The van der Waals surface area contributed by atoms with Gasteiger partial charge in [-0.25, -0.2) is 0 Å². The quantitative estimate of drug-likeness (QED) is 0.751. The molecular weight excluding hydrogens is 236 g/mol. The van der Waals surface area contributed by atoms with Crippen LogP contribution in [0.4, 0.5) is 0 Å². The number of rotatable bonds is 2. The first-order valence-corrected chi connectivity index (χ1v) is 6.39. The van der Waals surface area contributed by atoms with E-state index in [0.717, 1.165) is 0 Å². The molecule has 0 aromatic heterocycles. The molecule has 0 radical (unpaired) electrons. The molecule has 2 aromatic rings. The van der Waals surface area contributed by atoms with Gasteiger partial charge in [0.1, 0.15) is 0 Å². The van der Waals surface area contributed by atoms with Gasteiger partial charge in [0, 0.05) is 6.92 Å². The number of ether oxygens (including phenoxy) is 1. The van der Waals surface area contributed by atoms with Gasteiger partial charge >= 0.3 is 5.97 Å². The summed E-state index contributed by atoms with van der Waals surface area (Å²) in [7, 11) is 0. The second-order valence-electron chi connectivity index (χ2n) is 4.16. The van der Waals surface area contributed by atoms with Crippen LogP contribution in [-0.4, -0.2) is 12.6 Å². The summed E-state index contributed by atoms with van der Waals surface area (Å²) in [5.74, 6) is -0.211. The van der Waals surface area contributed by atoms with Gasteiger partial charge in [-0.2, -0.15) is 0 Å². The normalized spacial score (nSPS) is 9.21. The van der Waals surface area contributed by atoms with E-state index in [1.54, 1.807) is 6.92 Å². The van der Waals surface area contributed by atoms with E-state index in [0.29, 0.717) is 6.61 Å². The SMILES string of the molecule is CCOC(C)=O.Cc1ccc(-c2ccccc2)cc1. The molecule has 0 N–H and O–H groups in total. The molecule has 0 heterocycles. The highest BCUT2D eigenvalue weighted by atomic mass is 16.5. The van der Waals surface area contributed by atoms with Crippen LogP contribution in [0.25, 0.3) is 11.1 Å². The molecule has 2 nitrogen and oxygen atoms in total. The number of carbonyl (C=O) groups is 1. The molecule has 0 aliphatic carbocycles. The maximum absolute atomic E-state index is 9.82. The molecule has 0 aliphatic heterocycles. The smallest absolute Gasteiger partial charge is 0.302 e. The Balaban J connectivity index is 0.000000258. The summed E-state index contributed by atoms with van der Waals surface area (Å²) in [5.41, 5.74) is 3.87. The Morgan fingerprint density at radius 1 is 0.947 bits per heavy atom. The summed E-state index contributed by atoms with van der Waals surface area (Å²) < 4.78 is 4.40. The van der Waals surface area contributed by atoms with Crippen LogP contribution in [0.5, 0.6) is 0 Å². The molecule has 0 spiro atoms. The van der Waals surface area contributed by atoms with Crippen molar-refractivity contribution < 1.29 is 9.53 Å². The lowest BCUT2D eigenvalue weighted by atomic mass is 10.0. The molecule has 0 saturated heterocycles. The molecule has 2 heteroatoms. The average Bonchev–Trinajstić information content (AvgIpc) is 2.41. The van der Waals surface area contributed by atoms with E-state index in [1.165, 1.54) is 23.6 Å². The van der Waals surface area contributed by atoms with Gasteiger partial charge in [0.05, 0.1) is 6.61 Å². The minimum Gasteiger partial charge on any atom is -0.466 e. The molecule has 0 amide bonds. The highest BCUT2D eigenvalue weighted by molar-refractivity contribution is 5.65. The Labute approximate surface area is 115 Å². The van der Waals surface area contributed by atoms with Crippen molar-refractivity contribution in [2.24, 2.45) is 0 Å². The minimum atomic E-state index is -0.211. The van der Waals surface area contributed by atoms with Crippen molar-refractivity contribution in [2.45, 2.75) is 20.8 Å². The van der Waals surface area contributed by atoms with Gasteiger partial charge < -0.3 is 4.74 Å². The van der Waals surface area contributed by atoms with Crippen LogP contribution in [0.2, 0.25) is 0 Å². The zero-order valence-electron chi connectivity index (χ0n) is 11.7. The average molecular weight is 256 g/mol. The van der Waals surface area contributed by atoms with E-state index in [-0.39, 0.29) is 5.97 Å². The first-order valence-electron chi connectivity index (χ1n) is 6.39. The zero-order chi connectivity index (χ0) is 14.1. The predicted molar refractivity (Wildman–Crippen MR) is 78.9 cm³/mol. The first-order chi connectivity index (χ1) is 9.13. The summed E-state index contributed by atoms with van der Waals surface area (Å²) in [4.78, 5) is 9.82. The van der Waals surface area contributed by atoms with Crippen molar-refractivity contribution in [3.8, 4) is 11.1 Å². The van der Waals surface area contributed by atoms with Gasteiger partial charge in [0.15, 0.2) is 0 Å². The standard InChI is InChI=1S/C13H12.C4H8O2/c1-11-7-9-13(10-8-11)12-5-3-2-4-6-12;1-3-6-4(2)5/h2-10H,1H3;3H2,1-2H3. The maximum Gasteiger partial charge on any atom is 0.302 e. The van der Waals surface area contributed by atoms with Gasteiger partial charge in [0.25, 0.3) is 0 Å². The number of aryl methyl sites for hydroxylation is 1. The van der Waals surface area contributed by atoms with E-state index in [1.807, 2.05) is 6.07 Å². The van der Waals surface area contributed by atoms with E-state index in [2.05, 4.69) is 60.2 Å². The summed E-state index contributed by atoms with van der Waals surface area (Å²) >= 11 is 0. The van der Waals surface area contributed by atoms with Crippen molar-refractivity contribution in [3.63, 3.8) is 0 Å². The van der Waals surface area contributed by atoms with Crippen molar-refractivity contribution in [2.75, 3.05) is 6.61 Å². The number of benzene rings is 2. The van der Waals surface area contributed by atoms with Crippen LogP contribution in [0.1, 0.15) is 19.4 Å². The summed E-state index contributed by atoms with van der Waals surface area (Å²) in [5, 5.41) is 0. The van der Waals surface area contributed by atoms with Crippen LogP contribution in [-0.2, 0) is 9.53 Å². The molecule has 0 fully saturated rings. The summed E-state index contributed by atoms with van der Waals surface area (Å²) in [6.45, 7) is 5.76. The Hall–Kier alpha value is -2.09. The fourth-order valence-corrected chi connectivity index (χ4v) is 1.58. The summed E-state index contributed by atoms with van der Waals surface area (Å²) in [6, 6.07) is 19.0. The van der Waals surface area contributed by atoms with Crippen LogP contribution in [0.3, 0.4) is 0 Å². The molecule has 19 heavy (non-hydrogen) atoms. The van der Waals surface area contributed by atoms with Crippen LogP contribution in [0.15, 0.2) is 54.6 Å². The minimum absolute atomic E-state index is 0.211. The van der Waals surface area contributed by atoms with Gasteiger partial charge in [-0.15, -0.1) is 0 Å². The Kier molecular flexibility index (Phi) is 6.37. The Morgan fingerprint density at radius 2 is 1.47 bits per heavy atom. The second-order valence-corrected chi connectivity index (χ2v) is 4.16. The lowest BCUT2D eigenvalue weighted by Crippen LogP contribution is -1.95. The molecule has 2 aromatic carbocycles. The van der Waals surface area contributed by atoms with E-state index >= 15 is 0 Å². The van der Waals surface area contributed by atoms with E-state index in [4.69, 9.17) is 0 Å². The number of hydrogen-bond donors (Lipinski definition) is 0. The number of hydrogen-bond acceptors (Lipinski definition) is 2. The number of esters is 1. The Morgan fingerprint density at radius 3 is 1.89 bits per heavy atom. The van der Waals surface area contributed by atoms with Crippen molar-refractivity contribution in [1.82, 2.24) is 0 Å². The molecule has 0 atom stereocenters. The highest BCUT2D eigenvalue weighted by Crippen LogP contribution is 2.18. The van der Waals surface area contributed by atoms with E-state index < -0.39 is 0 Å². The Bertz CT molecular complexity index is 486. The lowest BCUT2D eigenvalue weighted by molar-refractivity contribution is -0.140. The third-order valence-corrected chi connectivity index (χ3v) is 2.51. The first kappa shape index (κ1) is 15.0. The molecule has 0 unspecified atom stereocenters. The highest BCUT2D eigenvalue weighted by Gasteiger charge is 1.93. The van der Waals surface area contributed by atoms with Crippen LogP contribution < -0.4 is 0 Å². The van der Waals surface area contributed by atoms with Gasteiger partial charge in [-0.1, -0.05) is 60.2 Å². The van der Waals surface area contributed by atoms with Gasteiger partial charge in [-0.05, 0) is 25.0 Å². The number of carbonyl (C=O) groups excluding carboxylic acids is 1. The van der Waals surface area contributed by atoms with Crippen LogP contribution >= 0.6 is 0 Å². The molecule has 0 bridgehead atoms. The van der Waals surface area contributed by atoms with Crippen molar-refractivity contribution >= 4 is 5.97 Å². The van der Waals surface area contributed by atoms with Gasteiger partial charge in [-0.3, -0.25) is 4.79 Å². The predicted octanol–water partition coefficient (Wildman–Crippen LogP) is 4.23.